The van der Waals surface area contributed by atoms with Gasteiger partial charge in [0.1, 0.15) is 0 Å². The van der Waals surface area contributed by atoms with Crippen LogP contribution in [0.25, 0.3) is 0 Å². The quantitative estimate of drug-likeness (QED) is 0.778. The first-order valence-corrected chi connectivity index (χ1v) is 7.04. The number of rotatable bonds is 2. The number of hydrogen-bond donors (Lipinski definition) is 2. The summed E-state index contributed by atoms with van der Waals surface area (Å²) >= 11 is 0. The van der Waals surface area contributed by atoms with Gasteiger partial charge in [-0.15, -0.1) is 0 Å². The molecule has 0 amide bonds. The van der Waals surface area contributed by atoms with Crippen molar-refractivity contribution < 1.29 is 8.42 Å². The molecule has 4 N–H and O–H groups in total. The third-order valence-corrected chi connectivity index (χ3v) is 5.04. The molecule has 0 bridgehead atoms. The van der Waals surface area contributed by atoms with Gasteiger partial charge < -0.3 is 11.5 Å². The summed E-state index contributed by atoms with van der Waals surface area (Å²) in [5, 5.41) is 0. The third kappa shape index (κ3) is 2.44. The summed E-state index contributed by atoms with van der Waals surface area (Å²) in [5.74, 6) is 0. The molecule has 17 heavy (non-hydrogen) atoms. The lowest BCUT2D eigenvalue weighted by molar-refractivity contribution is 0.603. The normalized spacial score (nSPS) is 21.2. The first-order valence-electron chi connectivity index (χ1n) is 5.55. The highest BCUT2D eigenvalue weighted by atomic mass is 32.2. The summed E-state index contributed by atoms with van der Waals surface area (Å²) in [6.45, 7) is 0. The minimum atomic E-state index is -3.31. The summed E-state index contributed by atoms with van der Waals surface area (Å²) in [7, 11) is -3.31. The Balaban J connectivity index is 2.32. The molecule has 0 spiro atoms. The van der Waals surface area contributed by atoms with Gasteiger partial charge in [-0.2, -0.15) is 0 Å². The Hall–Kier alpha value is -1.49. The zero-order valence-electron chi connectivity index (χ0n) is 9.52. The SMILES string of the molecule is NC1=CC=C(S(=O)(=O)C2=CC=C(N)CC2)CC1. The molecule has 0 radical (unpaired) electrons. The first-order chi connectivity index (χ1) is 8.00. The zero-order valence-corrected chi connectivity index (χ0v) is 10.3. The smallest absolute Gasteiger partial charge is 0.198 e. The van der Waals surface area contributed by atoms with E-state index >= 15 is 0 Å². The van der Waals surface area contributed by atoms with Crippen molar-refractivity contribution in [1.82, 2.24) is 0 Å². The van der Waals surface area contributed by atoms with E-state index in [1.165, 1.54) is 0 Å². The Morgan fingerprint density at radius 2 is 1.18 bits per heavy atom. The van der Waals surface area contributed by atoms with Crippen molar-refractivity contribution in [2.24, 2.45) is 11.5 Å². The Morgan fingerprint density at radius 3 is 1.47 bits per heavy atom. The molecule has 2 aliphatic carbocycles. The van der Waals surface area contributed by atoms with Crippen LogP contribution in [-0.2, 0) is 9.84 Å². The maximum atomic E-state index is 12.3. The van der Waals surface area contributed by atoms with Gasteiger partial charge in [-0.3, -0.25) is 0 Å². The van der Waals surface area contributed by atoms with Gasteiger partial charge in [0, 0.05) is 21.2 Å². The van der Waals surface area contributed by atoms with Crippen LogP contribution in [0.3, 0.4) is 0 Å². The van der Waals surface area contributed by atoms with Crippen LogP contribution >= 0.6 is 0 Å². The minimum absolute atomic E-state index is 0.451. The molecular weight excluding hydrogens is 236 g/mol. The van der Waals surface area contributed by atoms with Crippen LogP contribution < -0.4 is 11.5 Å². The molecule has 0 heterocycles. The summed E-state index contributed by atoms with van der Waals surface area (Å²) in [6, 6.07) is 0. The fraction of sp³-hybridized carbons (Fsp3) is 0.333. The Labute approximate surface area is 101 Å². The molecule has 2 aliphatic rings. The highest BCUT2D eigenvalue weighted by Crippen LogP contribution is 2.30. The molecule has 92 valence electrons. The molecule has 0 atom stereocenters. The molecule has 0 saturated carbocycles. The van der Waals surface area contributed by atoms with Crippen molar-refractivity contribution in [3.05, 3.63) is 45.5 Å². The summed E-state index contributed by atoms with van der Waals surface area (Å²) in [5.41, 5.74) is 12.7. The Bertz CT molecular complexity index is 507. The van der Waals surface area contributed by atoms with E-state index in [0.29, 0.717) is 35.5 Å². The molecule has 0 aliphatic heterocycles. The van der Waals surface area contributed by atoms with E-state index in [1.54, 1.807) is 24.3 Å². The van der Waals surface area contributed by atoms with E-state index in [-0.39, 0.29) is 0 Å². The highest BCUT2D eigenvalue weighted by molar-refractivity contribution is 7.98. The van der Waals surface area contributed by atoms with Crippen molar-refractivity contribution in [2.45, 2.75) is 25.7 Å². The van der Waals surface area contributed by atoms with E-state index < -0.39 is 9.84 Å². The maximum absolute atomic E-state index is 12.3. The standard InChI is InChI=1S/C12H16N2O2S/c13-9-1-5-11(6-2-9)17(15,16)12-7-3-10(14)4-8-12/h1,3,5,7H,2,4,6,8,13-14H2. The second kappa shape index (κ2) is 4.41. The van der Waals surface area contributed by atoms with Crippen molar-refractivity contribution in [1.29, 1.82) is 0 Å². The van der Waals surface area contributed by atoms with E-state index in [0.717, 1.165) is 11.4 Å². The lowest BCUT2D eigenvalue weighted by atomic mass is 10.1. The van der Waals surface area contributed by atoms with Gasteiger partial charge in [0.05, 0.1) is 0 Å². The summed E-state index contributed by atoms with van der Waals surface area (Å²) in [4.78, 5) is 0.902. The van der Waals surface area contributed by atoms with E-state index in [4.69, 9.17) is 11.5 Å². The summed E-state index contributed by atoms with van der Waals surface area (Å²) in [6.07, 6.45) is 8.75. The molecule has 0 aromatic carbocycles. The van der Waals surface area contributed by atoms with Crippen LogP contribution in [0.15, 0.2) is 45.5 Å². The van der Waals surface area contributed by atoms with Crippen molar-refractivity contribution in [3.63, 3.8) is 0 Å². The second-order valence-corrected chi connectivity index (χ2v) is 6.31. The van der Waals surface area contributed by atoms with E-state index in [2.05, 4.69) is 0 Å². The van der Waals surface area contributed by atoms with Gasteiger partial charge in [0.25, 0.3) is 0 Å². The first kappa shape index (κ1) is 12.0. The average molecular weight is 252 g/mol. The molecule has 0 aromatic heterocycles. The average Bonchev–Trinajstić information content (AvgIpc) is 2.30. The van der Waals surface area contributed by atoms with Crippen molar-refractivity contribution in [3.8, 4) is 0 Å². The predicted molar refractivity (Wildman–Crippen MR) is 68.1 cm³/mol. The molecule has 0 aromatic rings. The third-order valence-electron chi connectivity index (χ3n) is 2.98. The lowest BCUT2D eigenvalue weighted by Gasteiger charge is -2.17. The van der Waals surface area contributed by atoms with Crippen LogP contribution in [0.1, 0.15) is 25.7 Å². The highest BCUT2D eigenvalue weighted by Gasteiger charge is 2.24. The van der Waals surface area contributed by atoms with Crippen molar-refractivity contribution in [2.75, 3.05) is 0 Å². The van der Waals surface area contributed by atoms with Crippen LogP contribution in [-0.4, -0.2) is 8.42 Å². The van der Waals surface area contributed by atoms with Crippen LogP contribution in [0, 0.1) is 0 Å². The van der Waals surface area contributed by atoms with Gasteiger partial charge in [0.15, 0.2) is 9.84 Å². The Kier molecular flexibility index (Phi) is 3.11. The minimum Gasteiger partial charge on any atom is -0.402 e. The predicted octanol–water partition coefficient (Wildman–Crippen LogP) is 1.44. The van der Waals surface area contributed by atoms with Crippen molar-refractivity contribution >= 4 is 9.84 Å². The van der Waals surface area contributed by atoms with Gasteiger partial charge in [-0.25, -0.2) is 8.42 Å². The fourth-order valence-electron chi connectivity index (χ4n) is 1.88. The molecule has 5 heteroatoms. The largest absolute Gasteiger partial charge is 0.402 e. The number of sulfone groups is 1. The lowest BCUT2D eigenvalue weighted by Crippen LogP contribution is -2.14. The molecular formula is C12H16N2O2S. The summed E-state index contributed by atoms with van der Waals surface area (Å²) < 4.78 is 24.6. The van der Waals surface area contributed by atoms with Gasteiger partial charge >= 0.3 is 0 Å². The number of nitrogens with two attached hydrogens (primary N) is 2. The maximum Gasteiger partial charge on any atom is 0.198 e. The molecule has 0 fully saturated rings. The van der Waals surface area contributed by atoms with Crippen LogP contribution in [0.4, 0.5) is 0 Å². The zero-order chi connectivity index (χ0) is 12.5. The van der Waals surface area contributed by atoms with E-state index in [1.807, 2.05) is 0 Å². The molecule has 4 nitrogen and oxygen atoms in total. The van der Waals surface area contributed by atoms with E-state index in [9.17, 15) is 8.42 Å². The van der Waals surface area contributed by atoms with Gasteiger partial charge in [-0.1, -0.05) is 0 Å². The number of allylic oxidation sites excluding steroid dienone is 8. The molecule has 2 rings (SSSR count). The Morgan fingerprint density at radius 1 is 0.765 bits per heavy atom. The fourth-order valence-corrected chi connectivity index (χ4v) is 3.46. The second-order valence-electron chi connectivity index (χ2n) is 4.25. The molecule has 0 saturated heterocycles. The monoisotopic (exact) mass is 252 g/mol. The molecule has 0 unspecified atom stereocenters. The van der Waals surface area contributed by atoms with Crippen LogP contribution in [0.2, 0.25) is 0 Å². The van der Waals surface area contributed by atoms with Gasteiger partial charge in [0.2, 0.25) is 0 Å². The number of hydrogen-bond acceptors (Lipinski definition) is 4. The topological polar surface area (TPSA) is 86.2 Å². The van der Waals surface area contributed by atoms with Gasteiger partial charge in [-0.05, 0) is 50.0 Å². The van der Waals surface area contributed by atoms with Crippen LogP contribution in [0.5, 0.6) is 0 Å².